The zero-order chi connectivity index (χ0) is 15.0. The first-order valence-corrected chi connectivity index (χ1v) is 6.18. The third kappa shape index (κ3) is 4.51. The molecular formula is C13H18N2O5. The Labute approximate surface area is 117 Å². The Hall–Kier alpha value is -2.15. The second-order valence-electron chi connectivity index (χ2n) is 3.90. The molecule has 0 amide bonds. The minimum atomic E-state index is -1.01. The molecule has 7 nitrogen and oxygen atoms in total. The van der Waals surface area contributed by atoms with Crippen molar-refractivity contribution in [3.05, 3.63) is 23.9 Å². The number of carbonyl (C=O) groups excluding carboxylic acids is 1. The first-order valence-electron chi connectivity index (χ1n) is 6.18. The Morgan fingerprint density at radius 2 is 2.20 bits per heavy atom. The number of ether oxygens (including phenoxy) is 2. The van der Waals surface area contributed by atoms with Crippen LogP contribution in [0, 0.1) is 0 Å². The van der Waals surface area contributed by atoms with Crippen LogP contribution in [0.3, 0.4) is 0 Å². The highest BCUT2D eigenvalue weighted by atomic mass is 16.5. The van der Waals surface area contributed by atoms with E-state index in [4.69, 9.17) is 14.6 Å². The molecule has 1 aromatic rings. The average Bonchev–Trinajstić information content (AvgIpc) is 2.43. The normalized spacial score (nSPS) is 10.1. The molecule has 20 heavy (non-hydrogen) atoms. The monoisotopic (exact) mass is 282 g/mol. The minimum absolute atomic E-state index is 0.240. The second-order valence-corrected chi connectivity index (χ2v) is 3.90. The smallest absolute Gasteiger partial charge is 0.341 e. The molecule has 0 saturated carbocycles. The summed E-state index contributed by atoms with van der Waals surface area (Å²) in [4.78, 5) is 28.4. The van der Waals surface area contributed by atoms with Gasteiger partial charge in [-0.25, -0.2) is 9.78 Å². The predicted molar refractivity (Wildman–Crippen MR) is 71.9 cm³/mol. The van der Waals surface area contributed by atoms with E-state index < -0.39 is 11.9 Å². The molecule has 0 bridgehead atoms. The first-order chi connectivity index (χ1) is 9.60. The van der Waals surface area contributed by atoms with E-state index in [0.717, 1.165) is 0 Å². The van der Waals surface area contributed by atoms with E-state index in [1.165, 1.54) is 18.2 Å². The zero-order valence-electron chi connectivity index (χ0n) is 11.5. The number of hydrogen-bond donors (Lipinski definition) is 1. The highest BCUT2D eigenvalue weighted by Crippen LogP contribution is 2.18. The van der Waals surface area contributed by atoms with Crippen molar-refractivity contribution >= 4 is 17.8 Å². The van der Waals surface area contributed by atoms with E-state index >= 15 is 0 Å². The summed E-state index contributed by atoms with van der Waals surface area (Å²) < 4.78 is 9.89. The lowest BCUT2D eigenvalue weighted by atomic mass is 10.2. The molecule has 0 aliphatic heterocycles. The van der Waals surface area contributed by atoms with Crippen LogP contribution in [0.4, 0.5) is 5.82 Å². The van der Waals surface area contributed by atoms with Crippen LogP contribution >= 0.6 is 0 Å². The lowest BCUT2D eigenvalue weighted by molar-refractivity contribution is -0.135. The topological polar surface area (TPSA) is 89.0 Å². The number of hydrogen-bond acceptors (Lipinski definition) is 6. The number of carboxylic acids is 1. The van der Waals surface area contributed by atoms with Crippen molar-refractivity contribution in [2.75, 3.05) is 38.3 Å². The van der Waals surface area contributed by atoms with Gasteiger partial charge in [-0.05, 0) is 19.1 Å². The molecule has 0 radical (unpaired) electrons. The zero-order valence-corrected chi connectivity index (χ0v) is 11.5. The Morgan fingerprint density at radius 1 is 1.45 bits per heavy atom. The summed E-state index contributed by atoms with van der Waals surface area (Å²) in [6.07, 6.45) is 1.50. The largest absolute Gasteiger partial charge is 0.480 e. The lowest BCUT2D eigenvalue weighted by Crippen LogP contribution is -2.34. The Balaban J connectivity index is 3.04. The highest BCUT2D eigenvalue weighted by Gasteiger charge is 2.20. The van der Waals surface area contributed by atoms with Crippen LogP contribution in [0.2, 0.25) is 0 Å². The molecule has 1 heterocycles. The van der Waals surface area contributed by atoms with Crippen molar-refractivity contribution < 1.29 is 24.2 Å². The number of methoxy groups -OCH3 is 1. The van der Waals surface area contributed by atoms with Crippen LogP contribution in [0.25, 0.3) is 0 Å². The molecule has 0 unspecified atom stereocenters. The standard InChI is InChI=1S/C13H18N2O5/c1-3-20-13(18)10-5-4-6-14-12(10)15(7-8-19-2)9-11(16)17/h4-6H,3,7-9H2,1-2H3,(H,16,17). The molecule has 0 atom stereocenters. The Bertz CT molecular complexity index is 464. The Kier molecular flexibility index (Phi) is 6.45. The van der Waals surface area contributed by atoms with Gasteiger partial charge in [0, 0.05) is 19.9 Å². The molecule has 0 aromatic carbocycles. The number of pyridine rings is 1. The summed E-state index contributed by atoms with van der Waals surface area (Å²) in [5.41, 5.74) is 0.242. The fraction of sp³-hybridized carbons (Fsp3) is 0.462. The molecule has 0 aliphatic carbocycles. The highest BCUT2D eigenvalue weighted by molar-refractivity contribution is 5.95. The number of rotatable bonds is 8. The summed E-state index contributed by atoms with van der Waals surface area (Å²) in [5.74, 6) is -1.25. The quantitative estimate of drug-likeness (QED) is 0.705. The van der Waals surface area contributed by atoms with Gasteiger partial charge in [-0.3, -0.25) is 4.79 Å². The third-order valence-corrected chi connectivity index (χ3v) is 2.47. The molecule has 0 aliphatic rings. The van der Waals surface area contributed by atoms with Crippen molar-refractivity contribution in [1.29, 1.82) is 0 Å². The van der Waals surface area contributed by atoms with E-state index in [-0.39, 0.29) is 24.5 Å². The van der Waals surface area contributed by atoms with Crippen molar-refractivity contribution in [2.45, 2.75) is 6.92 Å². The average molecular weight is 282 g/mol. The van der Waals surface area contributed by atoms with E-state index in [0.29, 0.717) is 13.2 Å². The number of nitrogens with zero attached hydrogens (tertiary/aromatic N) is 2. The lowest BCUT2D eigenvalue weighted by Gasteiger charge is -2.23. The predicted octanol–water partition coefficient (Wildman–Crippen LogP) is 0.796. The third-order valence-electron chi connectivity index (χ3n) is 2.47. The van der Waals surface area contributed by atoms with Crippen molar-refractivity contribution in [2.24, 2.45) is 0 Å². The molecule has 1 N–H and O–H groups in total. The van der Waals surface area contributed by atoms with Crippen molar-refractivity contribution in [3.8, 4) is 0 Å². The van der Waals surface area contributed by atoms with Crippen LogP contribution < -0.4 is 4.90 Å². The summed E-state index contributed by atoms with van der Waals surface area (Å²) in [7, 11) is 1.52. The number of anilines is 1. The molecule has 110 valence electrons. The molecule has 1 aromatic heterocycles. The first kappa shape index (κ1) is 15.9. The number of aliphatic carboxylic acids is 1. The SMILES string of the molecule is CCOC(=O)c1cccnc1N(CCOC)CC(=O)O. The van der Waals surface area contributed by atoms with Crippen molar-refractivity contribution in [3.63, 3.8) is 0 Å². The second kappa shape index (κ2) is 8.11. The summed E-state index contributed by atoms with van der Waals surface area (Å²) in [5, 5.41) is 8.95. The van der Waals surface area contributed by atoms with Gasteiger partial charge in [0.15, 0.2) is 0 Å². The van der Waals surface area contributed by atoms with Gasteiger partial charge < -0.3 is 19.5 Å². The molecule has 1 rings (SSSR count). The Morgan fingerprint density at radius 3 is 2.80 bits per heavy atom. The number of aromatic nitrogens is 1. The number of esters is 1. The summed E-state index contributed by atoms with van der Waals surface area (Å²) in [6, 6.07) is 3.16. The number of carbonyl (C=O) groups is 2. The van der Waals surface area contributed by atoms with Crippen LogP contribution in [-0.2, 0) is 14.3 Å². The fourth-order valence-corrected chi connectivity index (χ4v) is 1.64. The van der Waals surface area contributed by atoms with E-state index in [1.807, 2.05) is 0 Å². The van der Waals surface area contributed by atoms with Gasteiger partial charge in [-0.2, -0.15) is 0 Å². The van der Waals surface area contributed by atoms with Gasteiger partial charge >= 0.3 is 11.9 Å². The van der Waals surface area contributed by atoms with E-state index in [1.54, 1.807) is 19.1 Å². The summed E-state index contributed by atoms with van der Waals surface area (Å²) >= 11 is 0. The molecular weight excluding hydrogens is 264 g/mol. The molecule has 7 heteroatoms. The van der Waals surface area contributed by atoms with Gasteiger partial charge in [-0.1, -0.05) is 0 Å². The molecule has 0 spiro atoms. The van der Waals surface area contributed by atoms with Gasteiger partial charge in [-0.15, -0.1) is 0 Å². The molecule has 0 fully saturated rings. The number of carboxylic acid groups (broad SMARTS) is 1. The van der Waals surface area contributed by atoms with Crippen LogP contribution in [0.1, 0.15) is 17.3 Å². The van der Waals surface area contributed by atoms with Crippen LogP contribution in [0.5, 0.6) is 0 Å². The summed E-state index contributed by atoms with van der Waals surface area (Å²) in [6.45, 7) is 2.31. The fourth-order valence-electron chi connectivity index (χ4n) is 1.64. The van der Waals surface area contributed by atoms with Gasteiger partial charge in [0.25, 0.3) is 0 Å². The minimum Gasteiger partial charge on any atom is -0.480 e. The maximum Gasteiger partial charge on any atom is 0.341 e. The van der Waals surface area contributed by atoms with Gasteiger partial charge in [0.1, 0.15) is 17.9 Å². The van der Waals surface area contributed by atoms with Gasteiger partial charge in [0.2, 0.25) is 0 Å². The van der Waals surface area contributed by atoms with Crippen LogP contribution in [-0.4, -0.2) is 55.4 Å². The molecule has 0 saturated heterocycles. The maximum absolute atomic E-state index is 11.9. The van der Waals surface area contributed by atoms with Crippen molar-refractivity contribution in [1.82, 2.24) is 4.98 Å². The van der Waals surface area contributed by atoms with E-state index in [9.17, 15) is 9.59 Å². The van der Waals surface area contributed by atoms with Crippen LogP contribution in [0.15, 0.2) is 18.3 Å². The van der Waals surface area contributed by atoms with Gasteiger partial charge in [0.05, 0.1) is 13.2 Å². The maximum atomic E-state index is 11.9. The van der Waals surface area contributed by atoms with E-state index in [2.05, 4.69) is 4.98 Å².